The predicted molar refractivity (Wildman–Crippen MR) is 107 cm³/mol. The van der Waals surface area contributed by atoms with Gasteiger partial charge in [0.25, 0.3) is 6.47 Å². The van der Waals surface area contributed by atoms with Crippen molar-refractivity contribution in [2.45, 2.75) is 64.1 Å². The molecule has 1 unspecified atom stereocenters. The lowest BCUT2D eigenvalue weighted by molar-refractivity contribution is -0.134. The summed E-state index contributed by atoms with van der Waals surface area (Å²) in [6.45, 7) is 2.45. The Morgan fingerprint density at radius 2 is 2.14 bits per heavy atom. The minimum absolute atomic E-state index is 0.0851. The fraction of sp³-hybridized carbons (Fsp3) is 0.609. The number of aliphatic hydroxyl groups is 2. The molecule has 2 N–H and O–H groups in total. The van der Waals surface area contributed by atoms with Crippen LogP contribution in [-0.4, -0.2) is 35.7 Å². The van der Waals surface area contributed by atoms with Crippen molar-refractivity contribution in [3.8, 4) is 5.75 Å². The molecule has 1 fully saturated rings. The molecule has 2 aliphatic rings. The molecule has 0 saturated heterocycles. The van der Waals surface area contributed by atoms with Gasteiger partial charge in [-0.05, 0) is 54.7 Å². The van der Waals surface area contributed by atoms with Gasteiger partial charge in [0.1, 0.15) is 5.75 Å². The third-order valence-electron chi connectivity index (χ3n) is 6.25. The summed E-state index contributed by atoms with van der Waals surface area (Å²) in [6.07, 6.45) is 9.77. The van der Waals surface area contributed by atoms with Crippen LogP contribution in [0.15, 0.2) is 30.4 Å². The molecule has 5 atom stereocenters. The maximum Gasteiger partial charge on any atom is 0.295 e. The van der Waals surface area contributed by atoms with E-state index >= 15 is 0 Å². The van der Waals surface area contributed by atoms with Crippen molar-refractivity contribution in [3.63, 3.8) is 0 Å². The summed E-state index contributed by atoms with van der Waals surface area (Å²) in [7, 11) is 0. The summed E-state index contributed by atoms with van der Waals surface area (Å²) in [6, 6.07) is 5.98. The summed E-state index contributed by atoms with van der Waals surface area (Å²) >= 11 is 0. The molecule has 0 amide bonds. The summed E-state index contributed by atoms with van der Waals surface area (Å²) in [4.78, 5) is 10.3. The topological polar surface area (TPSA) is 76.0 Å². The second kappa shape index (κ2) is 10.1. The second-order valence-corrected chi connectivity index (χ2v) is 8.08. The standard InChI is InChI=1S/C23H32O5/c1-2-3-4-7-18(25)9-10-19-20-11-16-6-5-8-23(28-15-27-14-24)21(16)12-17(20)13-22(19)26/h5-6,8-10,14,17-20,22,25-26H,2-4,7,11-13,15H2,1H3/t17?,18-,19+,20-,22+/m0/s1. The van der Waals surface area contributed by atoms with Crippen molar-refractivity contribution in [2.75, 3.05) is 6.79 Å². The molecule has 2 aliphatic carbocycles. The van der Waals surface area contributed by atoms with E-state index in [4.69, 9.17) is 4.74 Å². The molecule has 0 radical (unpaired) electrons. The number of benzene rings is 1. The Labute approximate surface area is 167 Å². The normalized spacial score (nSPS) is 27.2. The van der Waals surface area contributed by atoms with Crippen molar-refractivity contribution in [2.24, 2.45) is 17.8 Å². The number of aliphatic hydroxyl groups excluding tert-OH is 2. The average molecular weight is 389 g/mol. The van der Waals surface area contributed by atoms with E-state index < -0.39 is 6.10 Å². The van der Waals surface area contributed by atoms with E-state index in [1.165, 1.54) is 5.56 Å². The molecule has 0 bridgehead atoms. The summed E-state index contributed by atoms with van der Waals surface area (Å²) in [5, 5.41) is 20.8. The fourth-order valence-electron chi connectivity index (χ4n) is 4.82. The molecule has 3 rings (SSSR count). The van der Waals surface area contributed by atoms with Crippen LogP contribution in [0.3, 0.4) is 0 Å². The van der Waals surface area contributed by atoms with E-state index in [1.807, 2.05) is 18.2 Å². The zero-order valence-electron chi connectivity index (χ0n) is 16.6. The molecule has 1 aromatic carbocycles. The predicted octanol–water partition coefficient (Wildman–Crippen LogP) is 3.41. The highest BCUT2D eigenvalue weighted by molar-refractivity contribution is 5.43. The van der Waals surface area contributed by atoms with Gasteiger partial charge in [-0.1, -0.05) is 50.5 Å². The number of hydrogen-bond donors (Lipinski definition) is 2. The molecular formula is C23H32O5. The van der Waals surface area contributed by atoms with E-state index in [0.29, 0.717) is 18.3 Å². The summed E-state index contributed by atoms with van der Waals surface area (Å²) in [5.74, 6) is 1.62. The molecule has 28 heavy (non-hydrogen) atoms. The Morgan fingerprint density at radius 3 is 2.93 bits per heavy atom. The highest BCUT2D eigenvalue weighted by Crippen LogP contribution is 2.47. The summed E-state index contributed by atoms with van der Waals surface area (Å²) < 4.78 is 10.3. The largest absolute Gasteiger partial charge is 0.457 e. The molecule has 0 aliphatic heterocycles. The summed E-state index contributed by atoms with van der Waals surface area (Å²) in [5.41, 5.74) is 2.40. The van der Waals surface area contributed by atoms with Gasteiger partial charge in [0.05, 0.1) is 12.2 Å². The van der Waals surface area contributed by atoms with Crippen LogP contribution in [0, 0.1) is 17.8 Å². The fourth-order valence-corrected chi connectivity index (χ4v) is 4.82. The number of rotatable bonds is 10. The highest BCUT2D eigenvalue weighted by Gasteiger charge is 2.44. The number of ether oxygens (including phenoxy) is 2. The lowest BCUT2D eigenvalue weighted by Crippen LogP contribution is -2.26. The molecular weight excluding hydrogens is 356 g/mol. The SMILES string of the molecule is CCCCC[C@H](O)C=C[C@H]1[C@H](O)CC2Cc3c(cccc3OCOC=O)C[C@@H]21. The van der Waals surface area contributed by atoms with Crippen LogP contribution < -0.4 is 4.74 Å². The van der Waals surface area contributed by atoms with Gasteiger partial charge in [0.15, 0.2) is 0 Å². The molecule has 0 heterocycles. The first kappa shape index (κ1) is 20.9. The number of carbonyl (C=O) groups is 1. The molecule has 0 aromatic heterocycles. The Kier molecular flexibility index (Phi) is 7.51. The number of hydrogen-bond acceptors (Lipinski definition) is 5. The van der Waals surface area contributed by atoms with Crippen LogP contribution in [0.25, 0.3) is 0 Å². The Balaban J connectivity index is 1.67. The molecule has 5 heteroatoms. The Morgan fingerprint density at radius 1 is 1.29 bits per heavy atom. The van der Waals surface area contributed by atoms with Gasteiger partial charge in [-0.2, -0.15) is 0 Å². The maximum atomic E-state index is 10.6. The molecule has 1 saturated carbocycles. The van der Waals surface area contributed by atoms with Crippen LogP contribution in [-0.2, 0) is 22.4 Å². The lowest BCUT2D eigenvalue weighted by Gasteiger charge is -2.31. The third-order valence-corrected chi connectivity index (χ3v) is 6.25. The van der Waals surface area contributed by atoms with Crippen LogP contribution in [0.5, 0.6) is 5.75 Å². The van der Waals surface area contributed by atoms with E-state index in [1.54, 1.807) is 0 Å². The van der Waals surface area contributed by atoms with E-state index in [2.05, 4.69) is 23.8 Å². The zero-order valence-corrected chi connectivity index (χ0v) is 16.6. The van der Waals surface area contributed by atoms with Gasteiger partial charge in [-0.3, -0.25) is 4.79 Å². The minimum Gasteiger partial charge on any atom is -0.457 e. The van der Waals surface area contributed by atoms with Crippen LogP contribution >= 0.6 is 0 Å². The highest BCUT2D eigenvalue weighted by atomic mass is 16.7. The smallest absolute Gasteiger partial charge is 0.295 e. The first-order valence-electron chi connectivity index (χ1n) is 10.5. The van der Waals surface area contributed by atoms with Crippen LogP contribution in [0.2, 0.25) is 0 Å². The minimum atomic E-state index is -0.425. The van der Waals surface area contributed by atoms with Crippen LogP contribution in [0.1, 0.15) is 50.2 Å². The maximum absolute atomic E-state index is 10.6. The van der Waals surface area contributed by atoms with Gasteiger partial charge >= 0.3 is 0 Å². The van der Waals surface area contributed by atoms with E-state index in [0.717, 1.165) is 56.3 Å². The van der Waals surface area contributed by atoms with Gasteiger partial charge in [0, 0.05) is 5.92 Å². The van der Waals surface area contributed by atoms with Gasteiger partial charge in [-0.15, -0.1) is 0 Å². The number of unbranched alkanes of at least 4 members (excludes halogenated alkanes) is 2. The van der Waals surface area contributed by atoms with Crippen molar-refractivity contribution in [1.29, 1.82) is 0 Å². The lowest BCUT2D eigenvalue weighted by atomic mass is 9.74. The van der Waals surface area contributed by atoms with E-state index in [-0.39, 0.29) is 18.8 Å². The van der Waals surface area contributed by atoms with Crippen LogP contribution in [0.4, 0.5) is 0 Å². The number of fused-ring (bicyclic) bond motifs is 2. The molecule has 0 spiro atoms. The molecule has 154 valence electrons. The second-order valence-electron chi connectivity index (χ2n) is 8.08. The van der Waals surface area contributed by atoms with Crippen molar-refractivity contribution in [1.82, 2.24) is 0 Å². The van der Waals surface area contributed by atoms with Crippen molar-refractivity contribution in [3.05, 3.63) is 41.5 Å². The monoisotopic (exact) mass is 388 g/mol. The van der Waals surface area contributed by atoms with Gasteiger partial charge < -0.3 is 19.7 Å². The first-order valence-corrected chi connectivity index (χ1v) is 10.5. The Bertz CT molecular complexity index is 671. The molecule has 1 aromatic rings. The van der Waals surface area contributed by atoms with Crippen molar-refractivity contribution < 1.29 is 24.5 Å². The zero-order chi connectivity index (χ0) is 19.9. The average Bonchev–Trinajstić information content (AvgIpc) is 2.99. The van der Waals surface area contributed by atoms with Crippen molar-refractivity contribution >= 4 is 6.47 Å². The van der Waals surface area contributed by atoms with E-state index in [9.17, 15) is 15.0 Å². The first-order chi connectivity index (χ1) is 13.6. The third kappa shape index (κ3) is 4.95. The Hall–Kier alpha value is -1.85. The van der Waals surface area contributed by atoms with Gasteiger partial charge in [-0.25, -0.2) is 0 Å². The molecule has 5 nitrogen and oxygen atoms in total. The quantitative estimate of drug-likeness (QED) is 0.278. The van der Waals surface area contributed by atoms with Gasteiger partial charge in [0.2, 0.25) is 6.79 Å². The number of carbonyl (C=O) groups excluding carboxylic acids is 1.